The fourth-order valence-electron chi connectivity index (χ4n) is 1.34. The number of halogens is 2. The summed E-state index contributed by atoms with van der Waals surface area (Å²) < 4.78 is 0. The van der Waals surface area contributed by atoms with E-state index < -0.39 is 0 Å². The molecule has 1 aromatic carbocycles. The Kier molecular flexibility index (Phi) is 6.14. The van der Waals surface area contributed by atoms with E-state index in [2.05, 4.69) is 24.2 Å². The normalized spacial score (nSPS) is 11.1. The van der Waals surface area contributed by atoms with Gasteiger partial charge in [-0.25, -0.2) is 0 Å². The van der Waals surface area contributed by atoms with Gasteiger partial charge in [-0.2, -0.15) is 0 Å². The molecule has 4 heteroatoms. The van der Waals surface area contributed by atoms with Gasteiger partial charge in [0.05, 0.1) is 0 Å². The van der Waals surface area contributed by atoms with Crippen molar-refractivity contribution < 1.29 is 0 Å². The number of nitrogens with zero attached hydrogens (tertiary/aromatic N) is 1. The van der Waals surface area contributed by atoms with Crippen LogP contribution >= 0.6 is 23.2 Å². The highest BCUT2D eigenvalue weighted by Crippen LogP contribution is 2.23. The van der Waals surface area contributed by atoms with Gasteiger partial charge in [0.25, 0.3) is 0 Å². The van der Waals surface area contributed by atoms with Crippen LogP contribution in [0.15, 0.2) is 18.2 Å². The standard InChI is InChI=1S/C12H18Cl2N2/c1-3-16(2)8-7-15-9-10-11(13)5-4-6-12(10)14/h4-6,15H,3,7-9H2,1-2H3. The number of nitrogens with one attached hydrogen (secondary N) is 1. The van der Waals surface area contributed by atoms with Gasteiger partial charge in [-0.15, -0.1) is 0 Å². The van der Waals surface area contributed by atoms with Crippen molar-refractivity contribution in [2.24, 2.45) is 0 Å². The van der Waals surface area contributed by atoms with E-state index in [1.165, 1.54) is 0 Å². The van der Waals surface area contributed by atoms with E-state index in [4.69, 9.17) is 23.2 Å². The Morgan fingerprint density at radius 2 is 1.88 bits per heavy atom. The maximum Gasteiger partial charge on any atom is 0.0465 e. The van der Waals surface area contributed by atoms with Crippen molar-refractivity contribution in [1.29, 1.82) is 0 Å². The van der Waals surface area contributed by atoms with Crippen LogP contribution in [0.3, 0.4) is 0 Å². The van der Waals surface area contributed by atoms with Gasteiger partial charge in [-0.05, 0) is 25.7 Å². The minimum atomic E-state index is 0.718. The molecule has 0 saturated carbocycles. The smallest absolute Gasteiger partial charge is 0.0465 e. The fraction of sp³-hybridized carbons (Fsp3) is 0.500. The Morgan fingerprint density at radius 3 is 2.44 bits per heavy atom. The first-order chi connectivity index (χ1) is 7.65. The van der Waals surface area contributed by atoms with Gasteiger partial charge in [-0.1, -0.05) is 36.2 Å². The summed E-state index contributed by atoms with van der Waals surface area (Å²) in [7, 11) is 2.10. The van der Waals surface area contributed by atoms with Gasteiger partial charge in [-0.3, -0.25) is 0 Å². The summed E-state index contributed by atoms with van der Waals surface area (Å²) in [5, 5.41) is 4.79. The lowest BCUT2D eigenvalue weighted by atomic mass is 10.2. The monoisotopic (exact) mass is 260 g/mol. The lowest BCUT2D eigenvalue weighted by molar-refractivity contribution is 0.349. The van der Waals surface area contributed by atoms with Gasteiger partial charge in [0.1, 0.15) is 0 Å². The molecule has 0 heterocycles. The topological polar surface area (TPSA) is 15.3 Å². The van der Waals surface area contributed by atoms with Crippen LogP contribution in [-0.4, -0.2) is 31.6 Å². The third-order valence-electron chi connectivity index (χ3n) is 2.57. The zero-order chi connectivity index (χ0) is 12.0. The SMILES string of the molecule is CCN(C)CCNCc1c(Cl)cccc1Cl. The fourth-order valence-corrected chi connectivity index (χ4v) is 1.87. The summed E-state index contributed by atoms with van der Waals surface area (Å²) in [6.45, 7) is 5.89. The summed E-state index contributed by atoms with van der Waals surface area (Å²) in [6, 6.07) is 5.59. The van der Waals surface area contributed by atoms with E-state index >= 15 is 0 Å². The highest BCUT2D eigenvalue weighted by molar-refractivity contribution is 6.35. The van der Waals surface area contributed by atoms with Gasteiger partial charge in [0.2, 0.25) is 0 Å². The maximum absolute atomic E-state index is 6.06. The molecule has 1 aromatic rings. The van der Waals surface area contributed by atoms with Gasteiger partial charge in [0.15, 0.2) is 0 Å². The summed E-state index contributed by atoms with van der Waals surface area (Å²) in [5.74, 6) is 0. The van der Waals surface area contributed by atoms with Gasteiger partial charge in [0, 0.05) is 35.2 Å². The summed E-state index contributed by atoms with van der Waals surface area (Å²) in [5.41, 5.74) is 0.977. The first-order valence-electron chi connectivity index (χ1n) is 5.47. The minimum absolute atomic E-state index is 0.718. The molecule has 0 atom stereocenters. The van der Waals surface area contributed by atoms with E-state index in [1.54, 1.807) is 0 Å². The third-order valence-corrected chi connectivity index (χ3v) is 3.28. The van der Waals surface area contributed by atoms with Gasteiger partial charge < -0.3 is 10.2 Å². The molecule has 0 unspecified atom stereocenters. The van der Waals surface area contributed by atoms with Crippen molar-refractivity contribution >= 4 is 23.2 Å². The van der Waals surface area contributed by atoms with Crippen LogP contribution in [-0.2, 0) is 6.54 Å². The minimum Gasteiger partial charge on any atom is -0.311 e. The van der Waals surface area contributed by atoms with Crippen LogP contribution in [0.5, 0.6) is 0 Å². The second kappa shape index (κ2) is 7.13. The quantitative estimate of drug-likeness (QED) is 0.792. The number of rotatable bonds is 6. The van der Waals surface area contributed by atoms with Crippen LogP contribution < -0.4 is 5.32 Å². The Labute approximate surface area is 108 Å². The van der Waals surface area contributed by atoms with E-state index in [-0.39, 0.29) is 0 Å². The molecule has 0 spiro atoms. The molecule has 1 rings (SSSR count). The number of hydrogen-bond acceptors (Lipinski definition) is 2. The van der Waals surface area contributed by atoms with Crippen LogP contribution in [0.2, 0.25) is 10.0 Å². The molecule has 0 aromatic heterocycles. The first kappa shape index (κ1) is 13.8. The molecular weight excluding hydrogens is 243 g/mol. The number of likely N-dealkylation sites (N-methyl/N-ethyl adjacent to an activating group) is 1. The van der Waals surface area contributed by atoms with Crippen LogP contribution in [0.25, 0.3) is 0 Å². The molecule has 1 N–H and O–H groups in total. The Morgan fingerprint density at radius 1 is 1.25 bits per heavy atom. The van der Waals surface area contributed by atoms with E-state index in [9.17, 15) is 0 Å². The zero-order valence-electron chi connectivity index (χ0n) is 9.76. The maximum atomic E-state index is 6.06. The molecule has 0 radical (unpaired) electrons. The average molecular weight is 261 g/mol. The highest BCUT2D eigenvalue weighted by Gasteiger charge is 2.04. The van der Waals surface area contributed by atoms with Gasteiger partial charge >= 0.3 is 0 Å². The molecule has 0 saturated heterocycles. The van der Waals surface area contributed by atoms with Crippen LogP contribution in [0, 0.1) is 0 Å². The summed E-state index contributed by atoms with van der Waals surface area (Å²) >= 11 is 12.1. The van der Waals surface area contributed by atoms with E-state index in [0.717, 1.165) is 41.8 Å². The van der Waals surface area contributed by atoms with Crippen LogP contribution in [0.1, 0.15) is 12.5 Å². The molecule has 16 heavy (non-hydrogen) atoms. The largest absolute Gasteiger partial charge is 0.311 e. The second-order valence-electron chi connectivity index (χ2n) is 3.77. The molecule has 0 amide bonds. The Balaban J connectivity index is 2.37. The predicted octanol–water partition coefficient (Wildman–Crippen LogP) is 3.03. The van der Waals surface area contributed by atoms with E-state index in [1.807, 2.05) is 18.2 Å². The Hall–Kier alpha value is -0.280. The van der Waals surface area contributed by atoms with Crippen molar-refractivity contribution in [3.63, 3.8) is 0 Å². The van der Waals surface area contributed by atoms with Crippen molar-refractivity contribution in [2.75, 3.05) is 26.7 Å². The predicted molar refractivity (Wildman–Crippen MR) is 71.3 cm³/mol. The van der Waals surface area contributed by atoms with Crippen molar-refractivity contribution in [3.05, 3.63) is 33.8 Å². The number of hydrogen-bond donors (Lipinski definition) is 1. The van der Waals surface area contributed by atoms with Crippen LogP contribution in [0.4, 0.5) is 0 Å². The molecule has 90 valence electrons. The van der Waals surface area contributed by atoms with E-state index in [0.29, 0.717) is 0 Å². The lowest BCUT2D eigenvalue weighted by Crippen LogP contribution is -2.28. The Bertz CT molecular complexity index is 309. The van der Waals surface area contributed by atoms with Crippen molar-refractivity contribution in [1.82, 2.24) is 10.2 Å². The third kappa shape index (κ3) is 4.30. The molecule has 0 aliphatic heterocycles. The zero-order valence-corrected chi connectivity index (χ0v) is 11.3. The summed E-state index contributed by atoms with van der Waals surface area (Å²) in [4.78, 5) is 2.25. The average Bonchev–Trinajstić information content (AvgIpc) is 2.27. The molecule has 0 bridgehead atoms. The highest BCUT2D eigenvalue weighted by atomic mass is 35.5. The molecule has 0 fully saturated rings. The van der Waals surface area contributed by atoms with Crippen molar-refractivity contribution in [2.45, 2.75) is 13.5 Å². The van der Waals surface area contributed by atoms with Crippen molar-refractivity contribution in [3.8, 4) is 0 Å². The number of benzene rings is 1. The lowest BCUT2D eigenvalue weighted by Gasteiger charge is -2.14. The first-order valence-corrected chi connectivity index (χ1v) is 6.23. The molecular formula is C12H18Cl2N2. The molecule has 0 aliphatic carbocycles. The molecule has 2 nitrogen and oxygen atoms in total. The second-order valence-corrected chi connectivity index (χ2v) is 4.59. The molecule has 0 aliphatic rings. The summed E-state index contributed by atoms with van der Waals surface area (Å²) in [6.07, 6.45) is 0.